The maximum atomic E-state index is 12.3. The molecule has 0 amide bonds. The lowest BCUT2D eigenvalue weighted by molar-refractivity contribution is 0.430. The van der Waals surface area contributed by atoms with Gasteiger partial charge in [-0.05, 0) is 49.2 Å². The number of aryl methyl sites for hydroxylation is 2. The largest absolute Gasteiger partial charge is 0.493 e. The molecule has 1 heterocycles. The number of hydrogen-bond donors (Lipinski definition) is 2. The smallest absolute Gasteiger partial charge is 0.335 e. The van der Waals surface area contributed by atoms with Crippen LogP contribution in [0.5, 0.6) is 5.88 Å². The van der Waals surface area contributed by atoms with Crippen LogP contribution in [0.15, 0.2) is 51.0 Å². The Morgan fingerprint density at radius 3 is 2.56 bits per heavy atom. The van der Waals surface area contributed by atoms with Gasteiger partial charge in [-0.15, -0.1) is 0 Å². The number of hydrogen-bond acceptors (Lipinski definition) is 4. The number of halogens is 2. The van der Waals surface area contributed by atoms with Crippen LogP contribution in [0.25, 0.3) is 5.69 Å². The Balaban J connectivity index is 2.18. The van der Waals surface area contributed by atoms with Crippen LogP contribution < -0.4 is 11.2 Å². The van der Waals surface area contributed by atoms with Crippen molar-refractivity contribution in [3.05, 3.63) is 84.0 Å². The number of nitrogens with one attached hydrogen (secondary N) is 1. The Morgan fingerprint density at radius 2 is 1.85 bits per heavy atom. The van der Waals surface area contributed by atoms with E-state index in [1.165, 1.54) is 6.07 Å². The molecule has 138 valence electrons. The minimum Gasteiger partial charge on any atom is -0.493 e. The SMILES string of the molecule is Cc1ccc(C)c(-n2c(O)c(C=Nc3ccc(Cl)cc3Cl)c(=O)[nH]c2=O)c1. The first kappa shape index (κ1) is 18.9. The molecule has 8 heteroatoms. The Morgan fingerprint density at radius 1 is 1.11 bits per heavy atom. The van der Waals surface area contributed by atoms with Crippen molar-refractivity contribution in [1.29, 1.82) is 0 Å². The van der Waals surface area contributed by atoms with Crippen molar-refractivity contribution in [2.45, 2.75) is 13.8 Å². The molecule has 2 aromatic carbocycles. The molecule has 0 spiro atoms. The fraction of sp³-hybridized carbons (Fsp3) is 0.105. The molecule has 0 aliphatic rings. The molecule has 0 radical (unpaired) electrons. The van der Waals surface area contributed by atoms with E-state index in [2.05, 4.69) is 9.98 Å². The summed E-state index contributed by atoms with van der Waals surface area (Å²) in [6.07, 6.45) is 1.16. The first-order valence-corrected chi connectivity index (χ1v) is 8.68. The molecule has 0 unspecified atom stereocenters. The summed E-state index contributed by atoms with van der Waals surface area (Å²) in [5.41, 5.74) is 0.824. The third kappa shape index (κ3) is 3.82. The van der Waals surface area contributed by atoms with Crippen LogP contribution >= 0.6 is 23.2 Å². The van der Waals surface area contributed by atoms with Gasteiger partial charge in [-0.25, -0.2) is 9.36 Å². The molecular formula is C19H15Cl2N3O3. The maximum absolute atomic E-state index is 12.3. The van der Waals surface area contributed by atoms with Gasteiger partial charge in [0.2, 0.25) is 5.88 Å². The molecule has 0 saturated heterocycles. The number of nitrogens with zero attached hydrogens (tertiary/aromatic N) is 2. The van der Waals surface area contributed by atoms with Crippen LogP contribution in [0.3, 0.4) is 0 Å². The van der Waals surface area contributed by atoms with Gasteiger partial charge in [0, 0.05) is 11.2 Å². The fourth-order valence-corrected chi connectivity index (χ4v) is 3.02. The van der Waals surface area contributed by atoms with Crippen LogP contribution in [0.2, 0.25) is 10.0 Å². The van der Waals surface area contributed by atoms with Gasteiger partial charge in [0.15, 0.2) is 0 Å². The molecule has 3 aromatic rings. The highest BCUT2D eigenvalue weighted by Gasteiger charge is 2.16. The van der Waals surface area contributed by atoms with Crippen molar-refractivity contribution >= 4 is 35.1 Å². The van der Waals surface area contributed by atoms with Gasteiger partial charge in [0.1, 0.15) is 5.56 Å². The number of aliphatic imine (C=N–C) groups is 1. The molecule has 0 saturated carbocycles. The van der Waals surface area contributed by atoms with E-state index < -0.39 is 17.1 Å². The van der Waals surface area contributed by atoms with Crippen molar-refractivity contribution in [2.24, 2.45) is 4.99 Å². The lowest BCUT2D eigenvalue weighted by Crippen LogP contribution is -2.31. The predicted molar refractivity (Wildman–Crippen MR) is 108 cm³/mol. The van der Waals surface area contributed by atoms with E-state index in [1.807, 2.05) is 19.1 Å². The molecule has 0 aliphatic carbocycles. The zero-order chi connectivity index (χ0) is 19.7. The fourth-order valence-electron chi connectivity index (χ4n) is 2.56. The quantitative estimate of drug-likeness (QED) is 0.649. The number of benzene rings is 2. The molecule has 1 aromatic heterocycles. The van der Waals surface area contributed by atoms with Gasteiger partial charge in [-0.1, -0.05) is 35.3 Å². The van der Waals surface area contributed by atoms with E-state index >= 15 is 0 Å². The predicted octanol–water partition coefficient (Wildman–Crippen LogP) is 3.91. The minimum atomic E-state index is -0.757. The Hall–Kier alpha value is -2.83. The Labute approximate surface area is 164 Å². The zero-order valence-electron chi connectivity index (χ0n) is 14.5. The number of H-pyrrole nitrogens is 1. The summed E-state index contributed by atoms with van der Waals surface area (Å²) in [6.45, 7) is 3.66. The van der Waals surface area contributed by atoms with Crippen molar-refractivity contribution in [1.82, 2.24) is 9.55 Å². The van der Waals surface area contributed by atoms with E-state index in [0.717, 1.165) is 21.9 Å². The third-order valence-electron chi connectivity index (χ3n) is 3.97. The average molecular weight is 404 g/mol. The van der Waals surface area contributed by atoms with Crippen molar-refractivity contribution in [2.75, 3.05) is 0 Å². The summed E-state index contributed by atoms with van der Waals surface area (Å²) in [7, 11) is 0. The van der Waals surface area contributed by atoms with Gasteiger partial charge in [-0.2, -0.15) is 0 Å². The van der Waals surface area contributed by atoms with E-state index in [-0.39, 0.29) is 10.6 Å². The van der Waals surface area contributed by atoms with Crippen molar-refractivity contribution in [3.63, 3.8) is 0 Å². The summed E-state index contributed by atoms with van der Waals surface area (Å²) < 4.78 is 1.04. The van der Waals surface area contributed by atoms with E-state index in [4.69, 9.17) is 23.2 Å². The van der Waals surface area contributed by atoms with Gasteiger partial charge in [0.25, 0.3) is 5.56 Å². The van der Waals surface area contributed by atoms with Gasteiger partial charge < -0.3 is 5.11 Å². The topological polar surface area (TPSA) is 87.4 Å². The number of rotatable bonds is 3. The second kappa shape index (κ2) is 7.42. The van der Waals surface area contributed by atoms with Crippen LogP contribution in [-0.4, -0.2) is 20.9 Å². The minimum absolute atomic E-state index is 0.165. The second-order valence-corrected chi connectivity index (χ2v) is 6.82. The molecule has 27 heavy (non-hydrogen) atoms. The summed E-state index contributed by atoms with van der Waals surface area (Å²) in [5.74, 6) is -0.508. The van der Waals surface area contributed by atoms with Crippen LogP contribution in [0.4, 0.5) is 5.69 Å². The molecule has 0 fully saturated rings. The maximum Gasteiger partial charge on any atom is 0.335 e. The van der Waals surface area contributed by atoms with Crippen LogP contribution in [0, 0.1) is 13.8 Å². The normalized spacial score (nSPS) is 11.3. The van der Waals surface area contributed by atoms with Crippen LogP contribution in [0.1, 0.15) is 16.7 Å². The van der Waals surface area contributed by atoms with Crippen LogP contribution in [-0.2, 0) is 0 Å². The van der Waals surface area contributed by atoms with Crippen molar-refractivity contribution < 1.29 is 5.11 Å². The van der Waals surface area contributed by atoms with E-state index in [0.29, 0.717) is 16.4 Å². The lowest BCUT2D eigenvalue weighted by Gasteiger charge is -2.12. The second-order valence-electron chi connectivity index (χ2n) is 5.98. The molecule has 2 N–H and O–H groups in total. The highest BCUT2D eigenvalue weighted by Crippen LogP contribution is 2.28. The van der Waals surface area contributed by atoms with Gasteiger partial charge in [0.05, 0.1) is 16.4 Å². The number of aromatic amines is 1. The first-order chi connectivity index (χ1) is 12.8. The molecule has 0 atom stereocenters. The standard InChI is InChI=1S/C19H15Cl2N3O3/c1-10-3-4-11(2)16(7-10)24-18(26)13(17(25)23-19(24)27)9-22-15-6-5-12(20)8-14(15)21/h3-9,26H,1-2H3,(H,23,25,27). The molecular weight excluding hydrogens is 389 g/mol. The molecule has 3 rings (SSSR count). The highest BCUT2D eigenvalue weighted by molar-refractivity contribution is 6.36. The average Bonchev–Trinajstić information content (AvgIpc) is 2.59. The van der Waals surface area contributed by atoms with Gasteiger partial charge >= 0.3 is 5.69 Å². The zero-order valence-corrected chi connectivity index (χ0v) is 16.0. The van der Waals surface area contributed by atoms with E-state index in [1.54, 1.807) is 25.1 Å². The monoisotopic (exact) mass is 403 g/mol. The summed E-state index contributed by atoms with van der Waals surface area (Å²) in [6, 6.07) is 10.1. The molecule has 0 bridgehead atoms. The van der Waals surface area contributed by atoms with Gasteiger partial charge in [-0.3, -0.25) is 14.8 Å². The number of aromatic nitrogens is 2. The highest BCUT2D eigenvalue weighted by atomic mass is 35.5. The first-order valence-electron chi connectivity index (χ1n) is 7.93. The summed E-state index contributed by atoms with van der Waals surface area (Å²) in [4.78, 5) is 30.8. The number of aromatic hydroxyl groups is 1. The lowest BCUT2D eigenvalue weighted by atomic mass is 10.1. The summed E-state index contributed by atoms with van der Waals surface area (Å²) >= 11 is 11.9. The third-order valence-corrected chi connectivity index (χ3v) is 4.51. The van der Waals surface area contributed by atoms with Crippen molar-refractivity contribution in [3.8, 4) is 11.6 Å². The Kier molecular flexibility index (Phi) is 5.21. The molecule has 0 aliphatic heterocycles. The van der Waals surface area contributed by atoms with E-state index in [9.17, 15) is 14.7 Å². The Bertz CT molecular complexity index is 1180. The summed E-state index contributed by atoms with van der Waals surface area (Å²) in [5, 5.41) is 11.3. The molecule has 6 nitrogen and oxygen atoms in total.